The van der Waals surface area contributed by atoms with E-state index in [2.05, 4.69) is 0 Å². The van der Waals surface area contributed by atoms with Crippen molar-refractivity contribution in [3.63, 3.8) is 0 Å². The number of aromatic hydroxyl groups is 1. The largest absolute Gasteiger partial charge is 0.505 e. The third-order valence-corrected chi connectivity index (χ3v) is 2.55. The van der Waals surface area contributed by atoms with Crippen molar-refractivity contribution in [1.82, 2.24) is 0 Å². The minimum absolute atomic E-state index is 0.0358. The van der Waals surface area contributed by atoms with Gasteiger partial charge >= 0.3 is 0 Å². The Balaban J connectivity index is 2.48. The van der Waals surface area contributed by atoms with Crippen molar-refractivity contribution in [3.8, 4) is 5.75 Å². The van der Waals surface area contributed by atoms with Crippen LogP contribution in [0.1, 0.15) is 17.2 Å². The molecule has 0 amide bonds. The normalized spacial score (nSPS) is 12.4. The summed E-state index contributed by atoms with van der Waals surface area (Å²) in [5, 5.41) is 9.53. The monoisotopic (exact) mass is 235 g/mol. The molecule has 88 valence electrons. The topological polar surface area (TPSA) is 46.2 Å². The standard InChI is InChI=1S/C13H11F2NO/c14-9-6-10(13(17)11(15)7-9)12(16)8-4-2-1-3-5-8/h1-7,12,17H,16H2. The molecule has 1 unspecified atom stereocenters. The lowest BCUT2D eigenvalue weighted by Gasteiger charge is -2.14. The third-order valence-electron chi connectivity index (χ3n) is 2.55. The van der Waals surface area contributed by atoms with Gasteiger partial charge < -0.3 is 10.8 Å². The van der Waals surface area contributed by atoms with Crippen LogP contribution < -0.4 is 5.73 Å². The van der Waals surface area contributed by atoms with Crippen LogP contribution in [0.2, 0.25) is 0 Å². The fourth-order valence-corrected chi connectivity index (χ4v) is 1.66. The first kappa shape index (κ1) is 11.5. The Bertz CT molecular complexity index is 528. The van der Waals surface area contributed by atoms with Crippen molar-refractivity contribution in [2.45, 2.75) is 6.04 Å². The average Bonchev–Trinajstić information content (AvgIpc) is 2.34. The molecule has 2 rings (SSSR count). The molecule has 0 fully saturated rings. The Morgan fingerprint density at radius 1 is 1.06 bits per heavy atom. The molecule has 0 aromatic heterocycles. The van der Waals surface area contributed by atoms with Crippen molar-refractivity contribution in [2.24, 2.45) is 5.73 Å². The predicted octanol–water partition coefficient (Wildman–Crippen LogP) is 2.72. The van der Waals surface area contributed by atoms with E-state index in [9.17, 15) is 13.9 Å². The molecule has 3 N–H and O–H groups in total. The highest BCUT2D eigenvalue weighted by Crippen LogP contribution is 2.30. The van der Waals surface area contributed by atoms with E-state index in [1.54, 1.807) is 24.3 Å². The lowest BCUT2D eigenvalue weighted by molar-refractivity contribution is 0.418. The Kier molecular flexibility index (Phi) is 3.06. The summed E-state index contributed by atoms with van der Waals surface area (Å²) in [5.41, 5.74) is 6.57. The molecule has 0 aliphatic carbocycles. The van der Waals surface area contributed by atoms with E-state index in [1.807, 2.05) is 6.07 Å². The molecule has 2 aromatic carbocycles. The van der Waals surface area contributed by atoms with Gasteiger partial charge in [0.15, 0.2) is 11.6 Å². The van der Waals surface area contributed by atoms with Crippen molar-refractivity contribution in [1.29, 1.82) is 0 Å². The first-order valence-corrected chi connectivity index (χ1v) is 5.08. The molecule has 2 nitrogen and oxygen atoms in total. The maximum absolute atomic E-state index is 13.2. The number of benzene rings is 2. The molecule has 4 heteroatoms. The van der Waals surface area contributed by atoms with Gasteiger partial charge in [0.05, 0.1) is 6.04 Å². The summed E-state index contributed by atoms with van der Waals surface area (Å²) in [7, 11) is 0. The molecular weight excluding hydrogens is 224 g/mol. The molecule has 2 aromatic rings. The second-order valence-corrected chi connectivity index (χ2v) is 3.71. The summed E-state index contributed by atoms with van der Waals surface area (Å²) in [5.74, 6) is -2.38. The first-order valence-electron chi connectivity index (χ1n) is 5.08. The number of phenols is 1. The van der Waals surface area contributed by atoms with Crippen LogP contribution in [0.15, 0.2) is 42.5 Å². The van der Waals surface area contributed by atoms with Crippen LogP contribution in [-0.4, -0.2) is 5.11 Å². The zero-order chi connectivity index (χ0) is 12.4. The minimum Gasteiger partial charge on any atom is -0.505 e. The van der Waals surface area contributed by atoms with E-state index in [0.29, 0.717) is 11.6 Å². The molecule has 0 bridgehead atoms. The van der Waals surface area contributed by atoms with Gasteiger partial charge in [0.2, 0.25) is 0 Å². The average molecular weight is 235 g/mol. The van der Waals surface area contributed by atoms with Crippen LogP contribution in [0.5, 0.6) is 5.75 Å². The number of hydrogen-bond acceptors (Lipinski definition) is 2. The molecule has 0 radical (unpaired) electrons. The zero-order valence-corrected chi connectivity index (χ0v) is 8.90. The summed E-state index contributed by atoms with van der Waals surface area (Å²) in [6.45, 7) is 0. The lowest BCUT2D eigenvalue weighted by Crippen LogP contribution is -2.12. The predicted molar refractivity (Wildman–Crippen MR) is 60.5 cm³/mol. The summed E-state index contributed by atoms with van der Waals surface area (Å²) in [4.78, 5) is 0. The molecule has 1 atom stereocenters. The summed E-state index contributed by atoms with van der Waals surface area (Å²) in [6.07, 6.45) is 0. The Morgan fingerprint density at radius 2 is 1.71 bits per heavy atom. The van der Waals surface area contributed by atoms with Crippen molar-refractivity contribution < 1.29 is 13.9 Å². The summed E-state index contributed by atoms with van der Waals surface area (Å²) >= 11 is 0. The number of halogens is 2. The zero-order valence-electron chi connectivity index (χ0n) is 8.90. The third kappa shape index (κ3) is 2.26. The molecule has 0 saturated carbocycles. The van der Waals surface area contributed by atoms with E-state index in [1.165, 1.54) is 0 Å². The number of phenolic OH excluding ortho intramolecular Hbond substituents is 1. The molecular formula is C13H11F2NO. The van der Waals surface area contributed by atoms with E-state index in [0.717, 1.165) is 6.07 Å². The van der Waals surface area contributed by atoms with Gasteiger partial charge in [0, 0.05) is 11.6 Å². The van der Waals surface area contributed by atoms with E-state index < -0.39 is 23.4 Å². The van der Waals surface area contributed by atoms with Gasteiger partial charge in [-0.05, 0) is 11.6 Å². The van der Waals surface area contributed by atoms with Crippen LogP contribution in [0, 0.1) is 11.6 Å². The van der Waals surface area contributed by atoms with Gasteiger partial charge in [0.1, 0.15) is 5.82 Å². The quantitative estimate of drug-likeness (QED) is 0.840. The fourth-order valence-electron chi connectivity index (χ4n) is 1.66. The fraction of sp³-hybridized carbons (Fsp3) is 0.0769. The van der Waals surface area contributed by atoms with Crippen LogP contribution in [-0.2, 0) is 0 Å². The maximum Gasteiger partial charge on any atom is 0.168 e. The number of rotatable bonds is 2. The second kappa shape index (κ2) is 4.51. The van der Waals surface area contributed by atoms with Gasteiger partial charge in [-0.2, -0.15) is 0 Å². The number of hydrogen-bond donors (Lipinski definition) is 2. The molecule has 0 spiro atoms. The molecule has 0 aliphatic heterocycles. The van der Waals surface area contributed by atoms with E-state index >= 15 is 0 Å². The SMILES string of the molecule is NC(c1ccccc1)c1cc(F)cc(F)c1O. The number of nitrogens with two attached hydrogens (primary N) is 1. The van der Waals surface area contributed by atoms with Gasteiger partial charge in [-0.1, -0.05) is 30.3 Å². The van der Waals surface area contributed by atoms with Crippen LogP contribution in [0.3, 0.4) is 0 Å². The maximum atomic E-state index is 13.2. The van der Waals surface area contributed by atoms with Crippen LogP contribution in [0.4, 0.5) is 8.78 Å². The van der Waals surface area contributed by atoms with Crippen LogP contribution >= 0.6 is 0 Å². The van der Waals surface area contributed by atoms with Gasteiger partial charge in [-0.25, -0.2) is 8.78 Å². The Labute approximate surface area is 97.3 Å². The van der Waals surface area contributed by atoms with E-state index in [-0.39, 0.29) is 5.56 Å². The molecule has 17 heavy (non-hydrogen) atoms. The van der Waals surface area contributed by atoms with Gasteiger partial charge in [-0.15, -0.1) is 0 Å². The smallest absolute Gasteiger partial charge is 0.168 e. The molecule has 0 saturated heterocycles. The highest BCUT2D eigenvalue weighted by Gasteiger charge is 2.17. The molecule has 0 aliphatic rings. The highest BCUT2D eigenvalue weighted by atomic mass is 19.1. The van der Waals surface area contributed by atoms with Crippen molar-refractivity contribution >= 4 is 0 Å². The minimum atomic E-state index is -1.01. The first-order chi connectivity index (χ1) is 8.09. The van der Waals surface area contributed by atoms with Crippen molar-refractivity contribution in [3.05, 3.63) is 65.2 Å². The van der Waals surface area contributed by atoms with E-state index in [4.69, 9.17) is 5.73 Å². The van der Waals surface area contributed by atoms with Crippen LogP contribution in [0.25, 0.3) is 0 Å². The van der Waals surface area contributed by atoms with Gasteiger partial charge in [0.25, 0.3) is 0 Å². The second-order valence-electron chi connectivity index (χ2n) is 3.71. The Morgan fingerprint density at radius 3 is 2.35 bits per heavy atom. The van der Waals surface area contributed by atoms with Gasteiger partial charge in [-0.3, -0.25) is 0 Å². The highest BCUT2D eigenvalue weighted by molar-refractivity contribution is 5.41. The molecule has 0 heterocycles. The summed E-state index contributed by atoms with van der Waals surface area (Å²) in [6, 6.07) is 9.69. The lowest BCUT2D eigenvalue weighted by atomic mass is 9.98. The summed E-state index contributed by atoms with van der Waals surface area (Å²) < 4.78 is 26.2. The van der Waals surface area contributed by atoms with Crippen molar-refractivity contribution in [2.75, 3.05) is 0 Å². The Hall–Kier alpha value is -1.94.